The zero-order chi connectivity index (χ0) is 57.4. The number of benzene rings is 1. The van der Waals surface area contributed by atoms with Gasteiger partial charge in [-0.3, -0.25) is 19.7 Å². The number of nitrogens with zero attached hydrogens (tertiary/aromatic N) is 1. The van der Waals surface area contributed by atoms with Crippen LogP contribution in [0.25, 0.3) is 0 Å². The molecule has 0 bridgehead atoms. The molecule has 79 heavy (non-hydrogen) atoms. The van der Waals surface area contributed by atoms with Crippen molar-refractivity contribution in [3.63, 3.8) is 0 Å². The number of nitrogens with one attached hydrogen (secondary N) is 2. The van der Waals surface area contributed by atoms with E-state index in [-0.39, 0.29) is 104 Å². The van der Waals surface area contributed by atoms with Gasteiger partial charge in [-0.1, -0.05) is 0 Å². The van der Waals surface area contributed by atoms with Crippen molar-refractivity contribution in [3.05, 3.63) is 34.4 Å². The molecule has 0 spiro atoms. The highest BCUT2D eigenvalue weighted by Gasteiger charge is 2.55. The maximum atomic E-state index is 12.7. The van der Waals surface area contributed by atoms with Crippen LogP contribution in [0.3, 0.4) is 0 Å². The highest BCUT2D eigenvalue weighted by atomic mass is 16.8. The number of hydrogen-bond donors (Lipinski definition) is 10. The number of nitro groups is 1. The van der Waals surface area contributed by atoms with Gasteiger partial charge >= 0.3 is 0 Å². The molecule has 31 nitrogen and oxygen atoms in total. The summed E-state index contributed by atoms with van der Waals surface area (Å²) in [6.45, 7) is 4.12. The van der Waals surface area contributed by atoms with Gasteiger partial charge in [-0.2, -0.15) is 0 Å². The Morgan fingerprint density at radius 1 is 0.494 bits per heavy atom. The van der Waals surface area contributed by atoms with Crippen LogP contribution in [0.2, 0.25) is 0 Å². The third-order valence-corrected chi connectivity index (χ3v) is 11.9. The predicted octanol–water partition coefficient (Wildman–Crippen LogP) is -5.12. The van der Waals surface area contributed by atoms with Crippen molar-refractivity contribution in [2.45, 2.75) is 106 Å². The Kier molecular flexibility index (Phi) is 33.6. The number of hydrogen-bond acceptors (Lipinski definition) is 28. The van der Waals surface area contributed by atoms with Crippen LogP contribution >= 0.6 is 0 Å². The van der Waals surface area contributed by atoms with E-state index >= 15 is 0 Å². The molecule has 4 rings (SSSR count). The predicted molar refractivity (Wildman–Crippen MR) is 264 cm³/mol. The monoisotopic (exact) mass is 1150 g/mol. The SMILES string of the molecule is CC(=O)N[C@@H]1[C@@H](O[C@@H]2[C@@H](O)[C@H](NC(C)=O)[C@@H](Oc3ccc([N+](=O)[O-])cc3)O[C@H]2CO)O[C@@H](CO)[C@H](O[C@@H]2O[C@H](COCCOCCOCCOCCOCCO)[C@@H](O)[C@H](OCCOCCOCCOCCOCCO)[C@@H]2O)[C@H]1O. The van der Waals surface area contributed by atoms with Gasteiger partial charge in [0.2, 0.25) is 18.1 Å². The molecule has 0 aromatic heterocycles. The van der Waals surface area contributed by atoms with Gasteiger partial charge in [0.25, 0.3) is 5.69 Å². The van der Waals surface area contributed by atoms with Crippen molar-refractivity contribution >= 4 is 17.5 Å². The maximum absolute atomic E-state index is 12.7. The fourth-order valence-electron chi connectivity index (χ4n) is 8.12. The summed E-state index contributed by atoms with van der Waals surface area (Å²) in [6.07, 6.45) is -20.7. The lowest BCUT2D eigenvalue weighted by Gasteiger charge is -2.50. The van der Waals surface area contributed by atoms with Crippen LogP contribution < -0.4 is 15.4 Å². The van der Waals surface area contributed by atoms with Crippen LogP contribution in [0.5, 0.6) is 5.75 Å². The van der Waals surface area contributed by atoms with E-state index in [0.717, 1.165) is 26.0 Å². The van der Waals surface area contributed by atoms with Gasteiger partial charge in [-0.15, -0.1) is 0 Å². The van der Waals surface area contributed by atoms with Gasteiger partial charge in [0.05, 0.1) is 157 Å². The van der Waals surface area contributed by atoms with E-state index in [9.17, 15) is 50.3 Å². The first-order chi connectivity index (χ1) is 38.2. The molecule has 10 N–H and O–H groups in total. The summed E-state index contributed by atoms with van der Waals surface area (Å²) in [7, 11) is 0. The zero-order valence-corrected chi connectivity index (χ0v) is 44.4. The summed E-state index contributed by atoms with van der Waals surface area (Å²) in [5.74, 6) is -1.32. The van der Waals surface area contributed by atoms with Gasteiger partial charge in [-0.25, -0.2) is 0 Å². The molecular formula is C48H81N3O28. The number of carbonyl (C=O) groups is 2. The van der Waals surface area contributed by atoms with E-state index in [1.54, 1.807) is 0 Å². The molecular weight excluding hydrogens is 1070 g/mol. The number of rotatable bonds is 42. The van der Waals surface area contributed by atoms with Gasteiger partial charge in [-0.05, 0) is 12.1 Å². The number of aliphatic hydroxyl groups excluding tert-OH is 8. The van der Waals surface area contributed by atoms with Crippen molar-refractivity contribution in [3.8, 4) is 5.75 Å². The van der Waals surface area contributed by atoms with Crippen LogP contribution in [0.1, 0.15) is 13.8 Å². The highest BCUT2D eigenvalue weighted by Crippen LogP contribution is 2.34. The van der Waals surface area contributed by atoms with Crippen LogP contribution in [-0.4, -0.2) is 302 Å². The Bertz CT molecular complexity index is 1800. The zero-order valence-electron chi connectivity index (χ0n) is 44.4. The first kappa shape index (κ1) is 67.9. The lowest BCUT2D eigenvalue weighted by molar-refractivity contribution is -0.384. The van der Waals surface area contributed by atoms with Crippen LogP contribution in [-0.2, 0) is 80.6 Å². The summed E-state index contributed by atoms with van der Waals surface area (Å²) in [5.41, 5.74) is -0.244. The molecule has 1 aromatic carbocycles. The number of aliphatic hydroxyl groups is 8. The molecule has 456 valence electrons. The first-order valence-electron chi connectivity index (χ1n) is 25.9. The minimum atomic E-state index is -1.85. The Labute approximate surface area is 456 Å². The molecule has 0 saturated carbocycles. The third-order valence-electron chi connectivity index (χ3n) is 11.9. The quantitative estimate of drug-likeness (QED) is 0.0166. The molecule has 1 aromatic rings. The van der Waals surface area contributed by atoms with E-state index in [1.807, 2.05) is 0 Å². The molecule has 3 heterocycles. The lowest BCUT2D eigenvalue weighted by atomic mass is 9.94. The summed E-state index contributed by atoms with van der Waals surface area (Å²) in [4.78, 5) is 35.7. The normalized spacial score (nSPS) is 29.1. The second-order valence-electron chi connectivity index (χ2n) is 17.7. The van der Waals surface area contributed by atoms with Gasteiger partial charge in [0, 0.05) is 26.0 Å². The molecule has 3 fully saturated rings. The minimum Gasteiger partial charge on any atom is -0.463 e. The minimum absolute atomic E-state index is 0.00153. The second-order valence-corrected chi connectivity index (χ2v) is 17.7. The standard InChI is InChI=1S/C48H81N3O28/c1-30(56)49-37-40(59)43(34(27-54)75-46(37)74-33-5-3-32(4-6-33)51(62)63)78-47-38(50-31(2)57)41(60)44(35(28-55)76-47)79-48-42(61)45(73-26-25-71-22-21-69-18-16-67-14-12-65-10-8-53)39(58)36(77-48)29-72-24-23-70-20-19-68-17-15-66-13-11-64-9-7-52/h3-6,34-48,52-55,58-61H,7-29H2,1-2H3,(H,49,56)(H,50,57)/t34-,35-,36+,37-,38-,39+,40-,41-,42-,43-,44-,45-,46-,47+,48-/m0/s1. The van der Waals surface area contributed by atoms with E-state index in [2.05, 4.69) is 10.6 Å². The maximum Gasteiger partial charge on any atom is 0.269 e. The van der Waals surface area contributed by atoms with Crippen LogP contribution in [0.15, 0.2) is 24.3 Å². The van der Waals surface area contributed by atoms with Crippen molar-refractivity contribution in [2.24, 2.45) is 0 Å². The Morgan fingerprint density at radius 3 is 1.29 bits per heavy atom. The van der Waals surface area contributed by atoms with E-state index in [1.165, 1.54) is 12.1 Å². The number of nitro benzene ring substituents is 1. The highest BCUT2D eigenvalue weighted by molar-refractivity contribution is 5.73. The summed E-state index contributed by atoms with van der Waals surface area (Å²) >= 11 is 0. The number of non-ortho nitro benzene ring substituents is 1. The Balaban J connectivity index is 1.40. The lowest BCUT2D eigenvalue weighted by Crippen LogP contribution is -2.70. The summed E-state index contributed by atoms with van der Waals surface area (Å²) in [6, 6.07) is 1.83. The molecule has 3 aliphatic heterocycles. The average molecular weight is 1150 g/mol. The fourth-order valence-corrected chi connectivity index (χ4v) is 8.12. The molecule has 3 aliphatic rings. The summed E-state index contributed by atoms with van der Waals surface area (Å²) in [5, 5.41) is 102. The Hall–Kier alpha value is -3.56. The van der Waals surface area contributed by atoms with Crippen molar-refractivity contribution in [2.75, 3.05) is 152 Å². The van der Waals surface area contributed by atoms with Crippen molar-refractivity contribution in [1.29, 1.82) is 0 Å². The van der Waals surface area contributed by atoms with Crippen molar-refractivity contribution < 1.29 is 131 Å². The van der Waals surface area contributed by atoms with E-state index in [4.69, 9.17) is 86.0 Å². The fraction of sp³-hybridized carbons (Fsp3) is 0.833. The van der Waals surface area contributed by atoms with Gasteiger partial charge < -0.3 is 127 Å². The average Bonchev–Trinajstić information content (AvgIpc) is 3.50. The molecule has 2 amide bonds. The third kappa shape index (κ3) is 24.1. The Morgan fingerprint density at radius 2 is 0.873 bits per heavy atom. The molecule has 15 atom stereocenters. The summed E-state index contributed by atoms with van der Waals surface area (Å²) < 4.78 is 91.1. The first-order valence-corrected chi connectivity index (χ1v) is 25.9. The number of amides is 2. The molecule has 3 saturated heterocycles. The van der Waals surface area contributed by atoms with Crippen LogP contribution in [0, 0.1) is 10.1 Å². The number of ether oxygens (including phenoxy) is 16. The van der Waals surface area contributed by atoms with Crippen molar-refractivity contribution in [1.82, 2.24) is 10.6 Å². The smallest absolute Gasteiger partial charge is 0.269 e. The van der Waals surface area contributed by atoms with E-state index in [0.29, 0.717) is 46.2 Å². The molecule has 0 unspecified atom stereocenters. The molecule has 0 aliphatic carbocycles. The van der Waals surface area contributed by atoms with Gasteiger partial charge in [0.1, 0.15) is 78.9 Å². The molecule has 0 radical (unpaired) electrons. The van der Waals surface area contributed by atoms with Crippen LogP contribution in [0.4, 0.5) is 5.69 Å². The largest absolute Gasteiger partial charge is 0.463 e. The molecule has 31 heteroatoms. The second kappa shape index (κ2) is 39.0. The van der Waals surface area contributed by atoms with Gasteiger partial charge in [0.15, 0.2) is 12.6 Å². The van der Waals surface area contributed by atoms with E-state index < -0.39 is 122 Å². The number of carbonyl (C=O) groups excluding carboxylic acids is 2. The topological polar surface area (TPSA) is 411 Å².